The van der Waals surface area contributed by atoms with Crippen LogP contribution in [0, 0.1) is 13.8 Å². The summed E-state index contributed by atoms with van der Waals surface area (Å²) in [4.78, 5) is 12.0. The Labute approximate surface area is 144 Å². The molecular weight excluding hydrogens is 328 g/mol. The predicted octanol–water partition coefficient (Wildman–Crippen LogP) is 3.66. The minimum atomic E-state index is -0.155. The standard InChI is InChI=1S/C16H20N4OS2/c1-9-4-7-13(10(2)8-9)18-15-19-20-16(23-15)22-11(3)14(21)17-12-5-6-12/h4,7-8,11-12H,5-6H2,1-3H3,(H,17,21)(H,18,19)/t11-/m1/s1. The molecule has 1 aromatic heterocycles. The maximum Gasteiger partial charge on any atom is 0.233 e. The van der Waals surface area contributed by atoms with Gasteiger partial charge in [-0.2, -0.15) is 0 Å². The first-order valence-corrected chi connectivity index (χ1v) is 9.35. The van der Waals surface area contributed by atoms with Gasteiger partial charge in [0.2, 0.25) is 11.0 Å². The first-order valence-electron chi connectivity index (χ1n) is 7.66. The normalized spacial score (nSPS) is 15.3. The molecule has 1 aliphatic rings. The van der Waals surface area contributed by atoms with Crippen LogP contribution >= 0.6 is 23.1 Å². The van der Waals surface area contributed by atoms with Gasteiger partial charge >= 0.3 is 0 Å². The number of carbonyl (C=O) groups excluding carboxylic acids is 1. The molecule has 1 aromatic carbocycles. The Morgan fingerprint density at radius 1 is 1.35 bits per heavy atom. The number of amides is 1. The molecule has 3 rings (SSSR count). The Morgan fingerprint density at radius 2 is 2.13 bits per heavy atom. The molecule has 1 saturated carbocycles. The lowest BCUT2D eigenvalue weighted by Crippen LogP contribution is -2.32. The molecule has 2 aromatic rings. The summed E-state index contributed by atoms with van der Waals surface area (Å²) in [7, 11) is 0. The highest BCUT2D eigenvalue weighted by molar-refractivity contribution is 8.02. The average Bonchev–Trinajstić information content (AvgIpc) is 3.20. The Hall–Kier alpha value is -1.60. The molecule has 1 amide bonds. The number of anilines is 2. The number of hydrogen-bond acceptors (Lipinski definition) is 6. The van der Waals surface area contributed by atoms with Crippen molar-refractivity contribution in [1.29, 1.82) is 0 Å². The van der Waals surface area contributed by atoms with Gasteiger partial charge in [-0.15, -0.1) is 10.2 Å². The van der Waals surface area contributed by atoms with Crippen LogP contribution in [0.25, 0.3) is 0 Å². The number of benzene rings is 1. The van der Waals surface area contributed by atoms with Crippen LogP contribution in [0.15, 0.2) is 22.5 Å². The van der Waals surface area contributed by atoms with Crippen molar-refractivity contribution in [1.82, 2.24) is 15.5 Å². The van der Waals surface area contributed by atoms with E-state index in [1.54, 1.807) is 0 Å². The monoisotopic (exact) mass is 348 g/mol. The van der Waals surface area contributed by atoms with Crippen molar-refractivity contribution in [2.75, 3.05) is 5.32 Å². The molecule has 1 heterocycles. The molecular formula is C16H20N4OS2. The predicted molar refractivity (Wildman–Crippen MR) is 95.6 cm³/mol. The molecule has 23 heavy (non-hydrogen) atoms. The van der Waals surface area contributed by atoms with Gasteiger partial charge in [-0.05, 0) is 45.2 Å². The molecule has 0 spiro atoms. The minimum Gasteiger partial charge on any atom is -0.352 e. The van der Waals surface area contributed by atoms with Crippen molar-refractivity contribution >= 4 is 39.8 Å². The summed E-state index contributed by atoms with van der Waals surface area (Å²) in [6.45, 7) is 6.04. The summed E-state index contributed by atoms with van der Waals surface area (Å²) in [5.74, 6) is 0.0802. The van der Waals surface area contributed by atoms with Crippen LogP contribution in [-0.2, 0) is 4.79 Å². The largest absolute Gasteiger partial charge is 0.352 e. The second kappa shape index (κ2) is 6.88. The molecule has 122 valence electrons. The van der Waals surface area contributed by atoms with Crippen LogP contribution in [0.2, 0.25) is 0 Å². The summed E-state index contributed by atoms with van der Waals surface area (Å²) in [5, 5.41) is 15.2. The topological polar surface area (TPSA) is 66.9 Å². The zero-order chi connectivity index (χ0) is 16.4. The van der Waals surface area contributed by atoms with Gasteiger partial charge in [0, 0.05) is 11.7 Å². The number of thioether (sulfide) groups is 1. The lowest BCUT2D eigenvalue weighted by molar-refractivity contribution is -0.120. The average molecular weight is 348 g/mol. The van der Waals surface area contributed by atoms with Crippen LogP contribution in [0.1, 0.15) is 30.9 Å². The summed E-state index contributed by atoms with van der Waals surface area (Å²) in [6, 6.07) is 6.63. The molecule has 2 N–H and O–H groups in total. The highest BCUT2D eigenvalue weighted by Gasteiger charge is 2.26. The van der Waals surface area contributed by atoms with Gasteiger partial charge in [0.1, 0.15) is 0 Å². The lowest BCUT2D eigenvalue weighted by Gasteiger charge is -2.09. The molecule has 1 aliphatic carbocycles. The van der Waals surface area contributed by atoms with E-state index >= 15 is 0 Å². The van der Waals surface area contributed by atoms with E-state index in [9.17, 15) is 4.79 Å². The van der Waals surface area contributed by atoms with Gasteiger partial charge in [0.15, 0.2) is 4.34 Å². The fourth-order valence-corrected chi connectivity index (χ4v) is 4.05. The van der Waals surface area contributed by atoms with Crippen molar-refractivity contribution in [2.24, 2.45) is 0 Å². The van der Waals surface area contributed by atoms with Gasteiger partial charge in [-0.1, -0.05) is 40.8 Å². The second-order valence-electron chi connectivity index (χ2n) is 5.86. The summed E-state index contributed by atoms with van der Waals surface area (Å²) < 4.78 is 0.802. The van der Waals surface area contributed by atoms with Crippen LogP contribution in [0.5, 0.6) is 0 Å². The van der Waals surface area contributed by atoms with E-state index < -0.39 is 0 Å². The maximum absolute atomic E-state index is 12.0. The first-order chi connectivity index (χ1) is 11.0. The summed E-state index contributed by atoms with van der Waals surface area (Å²) >= 11 is 2.92. The Bertz CT molecular complexity index is 712. The van der Waals surface area contributed by atoms with E-state index in [1.165, 1.54) is 34.2 Å². The Kier molecular flexibility index (Phi) is 4.87. The lowest BCUT2D eigenvalue weighted by atomic mass is 10.1. The quantitative estimate of drug-likeness (QED) is 0.780. The van der Waals surface area contributed by atoms with Gasteiger partial charge < -0.3 is 10.6 Å². The molecule has 1 fully saturated rings. The number of hydrogen-bond donors (Lipinski definition) is 2. The van der Waals surface area contributed by atoms with Crippen molar-refractivity contribution in [2.45, 2.75) is 49.2 Å². The molecule has 5 nitrogen and oxygen atoms in total. The van der Waals surface area contributed by atoms with E-state index in [-0.39, 0.29) is 11.2 Å². The molecule has 0 radical (unpaired) electrons. The third-order valence-corrected chi connectivity index (χ3v) is 5.62. The SMILES string of the molecule is Cc1ccc(Nc2nnc(S[C@H](C)C(=O)NC3CC3)s2)c(C)c1. The van der Waals surface area contributed by atoms with E-state index in [0.29, 0.717) is 6.04 Å². The summed E-state index contributed by atoms with van der Waals surface area (Å²) in [5.41, 5.74) is 3.44. The summed E-state index contributed by atoms with van der Waals surface area (Å²) in [6.07, 6.45) is 2.21. The third kappa shape index (κ3) is 4.45. The molecule has 0 bridgehead atoms. The first kappa shape index (κ1) is 16.3. The second-order valence-corrected chi connectivity index (χ2v) is 8.42. The molecule has 7 heteroatoms. The molecule has 0 saturated heterocycles. The van der Waals surface area contributed by atoms with Gasteiger partial charge in [0.05, 0.1) is 5.25 Å². The number of rotatable bonds is 6. The van der Waals surface area contributed by atoms with Crippen molar-refractivity contribution in [3.8, 4) is 0 Å². The Morgan fingerprint density at radius 3 is 2.83 bits per heavy atom. The van der Waals surface area contributed by atoms with Crippen molar-refractivity contribution in [3.63, 3.8) is 0 Å². The number of aromatic nitrogens is 2. The zero-order valence-corrected chi connectivity index (χ0v) is 15.1. The smallest absolute Gasteiger partial charge is 0.233 e. The third-order valence-electron chi connectivity index (χ3n) is 3.60. The molecule has 1 atom stereocenters. The number of carbonyl (C=O) groups is 1. The fourth-order valence-electron chi connectivity index (χ4n) is 2.13. The highest BCUT2D eigenvalue weighted by atomic mass is 32.2. The maximum atomic E-state index is 12.0. The fraction of sp³-hybridized carbons (Fsp3) is 0.438. The van der Waals surface area contributed by atoms with Crippen molar-refractivity contribution < 1.29 is 4.79 Å². The minimum absolute atomic E-state index is 0.0802. The van der Waals surface area contributed by atoms with Crippen molar-refractivity contribution in [3.05, 3.63) is 29.3 Å². The highest BCUT2D eigenvalue weighted by Crippen LogP contribution is 2.31. The van der Waals surface area contributed by atoms with E-state index in [2.05, 4.69) is 46.8 Å². The number of nitrogens with one attached hydrogen (secondary N) is 2. The molecule has 0 unspecified atom stereocenters. The number of nitrogens with zero attached hydrogens (tertiary/aromatic N) is 2. The van der Waals surface area contributed by atoms with Crippen LogP contribution in [-0.4, -0.2) is 27.4 Å². The van der Waals surface area contributed by atoms with E-state index in [0.717, 1.165) is 28.0 Å². The van der Waals surface area contributed by atoms with E-state index in [4.69, 9.17) is 0 Å². The Balaban J connectivity index is 1.59. The van der Waals surface area contributed by atoms with Crippen LogP contribution in [0.4, 0.5) is 10.8 Å². The van der Waals surface area contributed by atoms with Gasteiger partial charge in [-0.3, -0.25) is 4.79 Å². The van der Waals surface area contributed by atoms with Crippen LogP contribution in [0.3, 0.4) is 0 Å². The molecule has 0 aliphatic heterocycles. The van der Waals surface area contributed by atoms with E-state index in [1.807, 2.05) is 13.0 Å². The van der Waals surface area contributed by atoms with Gasteiger partial charge in [0.25, 0.3) is 0 Å². The zero-order valence-electron chi connectivity index (χ0n) is 13.4. The van der Waals surface area contributed by atoms with Crippen LogP contribution < -0.4 is 10.6 Å². The van der Waals surface area contributed by atoms with Gasteiger partial charge in [-0.25, -0.2) is 0 Å². The number of aryl methyl sites for hydroxylation is 2.